The third-order valence-electron chi connectivity index (χ3n) is 3.81. The van der Waals surface area contributed by atoms with Crippen LogP contribution in [-0.4, -0.2) is 11.8 Å². The summed E-state index contributed by atoms with van der Waals surface area (Å²) in [5, 5.41) is 22.4. The first-order chi connectivity index (χ1) is 12.9. The number of anilines is 1. The summed E-state index contributed by atoms with van der Waals surface area (Å²) in [5.74, 6) is -0.149. The van der Waals surface area contributed by atoms with Crippen molar-refractivity contribution in [1.29, 1.82) is 10.8 Å². The summed E-state index contributed by atoms with van der Waals surface area (Å²) in [6, 6.07) is 7.17. The van der Waals surface area contributed by atoms with Gasteiger partial charge in [-0.25, -0.2) is 0 Å². The molecular weight excluding hydrogens is 336 g/mol. The SMILES string of the molecule is C=CNC1=CCC=C(C(=N)OC(=N)c2ccc(NC(=C)C(=C)C)cc2)C=C1. The zero-order chi connectivity index (χ0) is 19.8. The Bertz CT molecular complexity index is 870. The van der Waals surface area contributed by atoms with Gasteiger partial charge in [0, 0.05) is 28.2 Å². The van der Waals surface area contributed by atoms with Gasteiger partial charge < -0.3 is 15.4 Å². The molecular formula is C22H24N4O. The van der Waals surface area contributed by atoms with Crippen LogP contribution in [0.15, 0.2) is 97.0 Å². The van der Waals surface area contributed by atoms with E-state index in [1.54, 1.807) is 24.4 Å². The van der Waals surface area contributed by atoms with Crippen LogP contribution in [0.2, 0.25) is 0 Å². The lowest BCUT2D eigenvalue weighted by molar-refractivity contribution is 0.538. The van der Waals surface area contributed by atoms with E-state index in [4.69, 9.17) is 15.6 Å². The van der Waals surface area contributed by atoms with Crippen molar-refractivity contribution < 1.29 is 4.74 Å². The average molecular weight is 360 g/mol. The van der Waals surface area contributed by atoms with Crippen LogP contribution in [0.1, 0.15) is 18.9 Å². The van der Waals surface area contributed by atoms with E-state index in [-0.39, 0.29) is 11.8 Å². The molecule has 27 heavy (non-hydrogen) atoms. The summed E-state index contributed by atoms with van der Waals surface area (Å²) in [4.78, 5) is 0. The lowest BCUT2D eigenvalue weighted by Gasteiger charge is -2.11. The van der Waals surface area contributed by atoms with Crippen LogP contribution in [0.25, 0.3) is 0 Å². The van der Waals surface area contributed by atoms with Crippen LogP contribution in [0.3, 0.4) is 0 Å². The Hall–Kier alpha value is -3.60. The molecule has 0 aromatic heterocycles. The van der Waals surface area contributed by atoms with Crippen LogP contribution < -0.4 is 10.6 Å². The average Bonchev–Trinajstić information content (AvgIpc) is 2.88. The summed E-state index contributed by atoms with van der Waals surface area (Å²) in [6.07, 6.45) is 9.74. The normalized spacial score (nSPS) is 12.8. The first kappa shape index (κ1) is 19.7. The fourth-order valence-electron chi connectivity index (χ4n) is 2.23. The maximum atomic E-state index is 8.13. The van der Waals surface area contributed by atoms with Gasteiger partial charge in [-0.3, -0.25) is 10.8 Å². The molecule has 5 nitrogen and oxygen atoms in total. The van der Waals surface area contributed by atoms with E-state index in [0.29, 0.717) is 17.6 Å². The van der Waals surface area contributed by atoms with E-state index >= 15 is 0 Å². The summed E-state index contributed by atoms with van der Waals surface area (Å²) < 4.78 is 5.42. The van der Waals surface area contributed by atoms with Crippen LogP contribution >= 0.6 is 0 Å². The molecule has 1 aliphatic rings. The zero-order valence-corrected chi connectivity index (χ0v) is 15.4. The topological polar surface area (TPSA) is 81.0 Å². The van der Waals surface area contributed by atoms with Gasteiger partial charge in [0.25, 0.3) is 0 Å². The van der Waals surface area contributed by atoms with Gasteiger partial charge >= 0.3 is 0 Å². The predicted molar refractivity (Wildman–Crippen MR) is 113 cm³/mol. The van der Waals surface area contributed by atoms with Crippen molar-refractivity contribution in [3.05, 3.63) is 103 Å². The van der Waals surface area contributed by atoms with Crippen LogP contribution in [0.4, 0.5) is 5.69 Å². The zero-order valence-electron chi connectivity index (χ0n) is 15.4. The van der Waals surface area contributed by atoms with Crippen molar-refractivity contribution >= 4 is 17.5 Å². The van der Waals surface area contributed by atoms with Gasteiger partial charge in [-0.05, 0) is 61.5 Å². The van der Waals surface area contributed by atoms with Gasteiger partial charge in [-0.15, -0.1) is 0 Å². The molecule has 0 spiro atoms. The Morgan fingerprint density at radius 3 is 2.41 bits per heavy atom. The molecule has 0 heterocycles. The molecule has 0 fully saturated rings. The molecule has 1 aliphatic carbocycles. The van der Waals surface area contributed by atoms with Crippen molar-refractivity contribution in [2.75, 3.05) is 5.32 Å². The van der Waals surface area contributed by atoms with E-state index in [0.717, 1.165) is 22.7 Å². The molecule has 0 saturated carbocycles. The second-order valence-electron chi connectivity index (χ2n) is 5.96. The summed E-state index contributed by atoms with van der Waals surface area (Å²) in [7, 11) is 0. The molecule has 1 aromatic rings. The van der Waals surface area contributed by atoms with Crippen molar-refractivity contribution in [3.63, 3.8) is 0 Å². The minimum atomic E-state index is -0.0822. The third-order valence-corrected chi connectivity index (χ3v) is 3.81. The van der Waals surface area contributed by atoms with E-state index in [1.165, 1.54) is 0 Å². The summed E-state index contributed by atoms with van der Waals surface area (Å²) in [5.41, 5.74) is 4.54. The Labute approximate surface area is 160 Å². The third kappa shape index (κ3) is 5.71. The number of allylic oxidation sites excluding steroid dienone is 4. The molecule has 0 aliphatic heterocycles. The molecule has 0 amide bonds. The Balaban J connectivity index is 1.98. The highest BCUT2D eigenvalue weighted by molar-refractivity contribution is 6.05. The van der Waals surface area contributed by atoms with Gasteiger partial charge in [0.2, 0.25) is 11.8 Å². The first-order valence-electron chi connectivity index (χ1n) is 8.44. The standard InChI is InChI=1S/C22H24N4O/c1-5-25-19-8-6-7-17(9-12-19)21(23)27-22(24)18-10-13-20(14-11-18)26-16(4)15(2)3/h5,7-14,23-26H,1-2,4,6H2,3H3. The van der Waals surface area contributed by atoms with E-state index in [1.807, 2.05) is 37.3 Å². The number of rotatable bonds is 7. The van der Waals surface area contributed by atoms with Gasteiger partial charge in [0.05, 0.1) is 0 Å². The van der Waals surface area contributed by atoms with E-state index < -0.39 is 0 Å². The molecule has 5 heteroatoms. The molecule has 1 aromatic carbocycles. The predicted octanol–water partition coefficient (Wildman–Crippen LogP) is 5.01. The highest BCUT2D eigenvalue weighted by Gasteiger charge is 2.11. The minimum absolute atomic E-state index is 0.0673. The quantitative estimate of drug-likeness (QED) is 0.313. The monoisotopic (exact) mass is 360 g/mol. The smallest absolute Gasteiger partial charge is 0.221 e. The molecule has 4 N–H and O–H groups in total. The van der Waals surface area contributed by atoms with Gasteiger partial charge in [-0.1, -0.05) is 31.9 Å². The van der Waals surface area contributed by atoms with E-state index in [9.17, 15) is 0 Å². The number of ether oxygens (including phenoxy) is 1. The summed E-state index contributed by atoms with van der Waals surface area (Å²) in [6.45, 7) is 13.2. The molecule has 0 atom stereocenters. The Morgan fingerprint density at radius 1 is 1.07 bits per heavy atom. The highest BCUT2D eigenvalue weighted by Crippen LogP contribution is 2.16. The number of nitrogens with one attached hydrogen (secondary N) is 4. The molecule has 0 saturated heterocycles. The molecule has 0 bridgehead atoms. The van der Waals surface area contributed by atoms with Gasteiger partial charge in [0.1, 0.15) is 0 Å². The number of hydrogen-bond donors (Lipinski definition) is 4. The molecule has 0 radical (unpaired) electrons. The van der Waals surface area contributed by atoms with Gasteiger partial charge in [0.15, 0.2) is 0 Å². The maximum Gasteiger partial charge on any atom is 0.221 e. The fraction of sp³-hybridized carbons (Fsp3) is 0.0909. The highest BCUT2D eigenvalue weighted by atomic mass is 16.5. The van der Waals surface area contributed by atoms with E-state index in [2.05, 4.69) is 30.4 Å². The minimum Gasteiger partial charge on any atom is -0.421 e. The second kappa shape index (κ2) is 9.20. The lowest BCUT2D eigenvalue weighted by atomic mass is 10.2. The second-order valence-corrected chi connectivity index (χ2v) is 5.96. The number of benzene rings is 1. The van der Waals surface area contributed by atoms with Crippen molar-refractivity contribution in [1.82, 2.24) is 5.32 Å². The maximum absolute atomic E-state index is 8.13. The summed E-state index contributed by atoms with van der Waals surface area (Å²) >= 11 is 0. The fourth-order valence-corrected chi connectivity index (χ4v) is 2.23. The first-order valence-corrected chi connectivity index (χ1v) is 8.44. The van der Waals surface area contributed by atoms with Crippen molar-refractivity contribution in [3.8, 4) is 0 Å². The van der Waals surface area contributed by atoms with Gasteiger partial charge in [-0.2, -0.15) is 0 Å². The lowest BCUT2D eigenvalue weighted by Crippen LogP contribution is -2.13. The largest absolute Gasteiger partial charge is 0.421 e. The number of hydrogen-bond acceptors (Lipinski definition) is 5. The Morgan fingerprint density at radius 2 is 1.78 bits per heavy atom. The molecule has 138 valence electrons. The van der Waals surface area contributed by atoms with Crippen molar-refractivity contribution in [2.45, 2.75) is 13.3 Å². The molecule has 2 rings (SSSR count). The molecule has 0 unspecified atom stereocenters. The Kier molecular flexibility index (Phi) is 6.72. The van der Waals surface area contributed by atoms with Crippen LogP contribution in [0.5, 0.6) is 0 Å². The van der Waals surface area contributed by atoms with Crippen LogP contribution in [0, 0.1) is 10.8 Å². The van der Waals surface area contributed by atoms with Crippen molar-refractivity contribution in [2.24, 2.45) is 0 Å². The van der Waals surface area contributed by atoms with Crippen LogP contribution in [-0.2, 0) is 4.74 Å².